The fourth-order valence-electron chi connectivity index (χ4n) is 26.1. The van der Waals surface area contributed by atoms with Crippen LogP contribution in [-0.2, 0) is 0 Å². The fraction of sp³-hybridized carbons (Fsp3) is 0. The molecule has 638 valence electrons. The predicted molar refractivity (Wildman–Crippen MR) is 582 cm³/mol. The van der Waals surface area contributed by atoms with E-state index in [2.05, 4.69) is 471 Å². The lowest BCUT2D eigenvalue weighted by atomic mass is 9.93. The molecule has 24 aromatic carbocycles. The van der Waals surface area contributed by atoms with Gasteiger partial charge in [-0.25, -0.2) is 9.97 Å². The average molecular weight is 1760 g/mol. The molecule has 11 nitrogen and oxygen atoms in total. The topological polar surface area (TPSA) is 67.5 Å². The molecule has 0 amide bonds. The van der Waals surface area contributed by atoms with E-state index in [1.807, 2.05) is 0 Å². The van der Waals surface area contributed by atoms with Gasteiger partial charge < -0.3 is 22.3 Å². The van der Waals surface area contributed by atoms with E-state index in [0.29, 0.717) is 0 Å². The van der Waals surface area contributed by atoms with E-state index in [1.165, 1.54) is 245 Å². The second-order valence-electron chi connectivity index (χ2n) is 38.1. The first-order valence-electron chi connectivity index (χ1n) is 47.9. The predicted octanol–water partition coefficient (Wildman–Crippen LogP) is 33.1. The number of aromatic nitrogens is 11. The maximum atomic E-state index is 5.16. The van der Waals surface area contributed by atoms with Crippen LogP contribution >= 0.6 is 0 Å². The van der Waals surface area contributed by atoms with Gasteiger partial charge in [0.15, 0.2) is 0 Å². The van der Waals surface area contributed by atoms with Gasteiger partial charge in [-0.2, -0.15) is 0 Å². The zero-order valence-corrected chi connectivity index (χ0v) is 74.4. The lowest BCUT2D eigenvalue weighted by Crippen LogP contribution is -1.96. The molecule has 0 atom stereocenters. The van der Waals surface area contributed by atoms with Gasteiger partial charge in [-0.15, -0.1) is 0 Å². The molecule has 11 heteroatoms. The van der Waals surface area contributed by atoms with Gasteiger partial charge in [0.05, 0.1) is 116 Å². The molecule has 0 saturated heterocycles. The second kappa shape index (κ2) is 26.2. The first-order chi connectivity index (χ1) is 69.0. The molecule has 12 heterocycles. The molecule has 36 rings (SSSR count). The van der Waals surface area contributed by atoms with Crippen LogP contribution < -0.4 is 0 Å². The Labute approximate surface area is 787 Å². The van der Waals surface area contributed by atoms with Crippen molar-refractivity contribution < 1.29 is 0 Å². The van der Waals surface area contributed by atoms with E-state index < -0.39 is 0 Å². The van der Waals surface area contributed by atoms with Crippen molar-refractivity contribution in [3.05, 3.63) is 431 Å². The summed E-state index contributed by atoms with van der Waals surface area (Å²) in [4.78, 5) is 10.3. The molecular weight excluding hydrogens is 1690 g/mol. The zero-order valence-electron chi connectivity index (χ0n) is 74.4. The summed E-state index contributed by atoms with van der Waals surface area (Å²) in [5.41, 5.74) is 32.3. The molecule has 0 aliphatic rings. The number of benzene rings is 24. The lowest BCUT2D eigenvalue weighted by Gasteiger charge is -2.11. The third kappa shape index (κ3) is 9.13. The van der Waals surface area contributed by atoms with Gasteiger partial charge in [0.2, 0.25) is 11.6 Å². The maximum absolute atomic E-state index is 5.16. The van der Waals surface area contributed by atoms with Crippen molar-refractivity contribution in [2.45, 2.75) is 0 Å². The van der Waals surface area contributed by atoms with Crippen LogP contribution in [0.25, 0.3) is 312 Å². The Morgan fingerprint density at radius 1 is 0.137 bits per heavy atom. The van der Waals surface area contributed by atoms with Crippen molar-refractivity contribution in [2.75, 3.05) is 0 Å². The summed E-state index contributed by atoms with van der Waals surface area (Å²) in [5.74, 6) is 1.86. The normalized spacial score (nSPS) is 12.7. The molecule has 0 fully saturated rings. The van der Waals surface area contributed by atoms with Crippen LogP contribution in [0, 0.1) is 0 Å². The summed E-state index contributed by atoms with van der Waals surface area (Å²) in [7, 11) is 0. The van der Waals surface area contributed by atoms with Gasteiger partial charge in [-0.1, -0.05) is 273 Å². The molecule has 0 spiro atoms. The summed E-state index contributed by atoms with van der Waals surface area (Å²) in [6.45, 7) is 0. The van der Waals surface area contributed by atoms with Crippen LogP contribution in [0.1, 0.15) is 0 Å². The van der Waals surface area contributed by atoms with Crippen molar-refractivity contribution in [1.29, 1.82) is 0 Å². The van der Waals surface area contributed by atoms with Gasteiger partial charge in [-0.05, 0) is 228 Å². The van der Waals surface area contributed by atoms with Gasteiger partial charge in [0, 0.05) is 114 Å². The Bertz CT molecular complexity index is 11700. The number of hydrogen-bond donors (Lipinski definition) is 0. The summed E-state index contributed by atoms with van der Waals surface area (Å²) in [6.07, 6.45) is 0. The number of rotatable bonds is 5. The first-order valence-corrected chi connectivity index (χ1v) is 47.9. The summed E-state index contributed by atoms with van der Waals surface area (Å²) < 4.78 is 21.6. The standard InChI is InChI=1S/C48H27N3.C43H24N4.C37H20N4/c1-2-11-28(12-3-1)49-40-18-8-6-15-32(40)38-27-45-39(26-44(38)49)33-16-7-9-19-41(33)50(45)29-21-24-42-37(25-29)36-23-22-35-31-14-5-4-13-30(31)34-17-10-20-43-46(34)47(35)48(36)51(42)43;1-2-10-26(11-3-1)45-41-27(14-8-19-38(41)47-36-17-7-6-16-34(36)44-43(45)47)25-20-23-35-33(24-25)32-22-21-31-29-13-5-4-12-28(29)30-15-9-18-37-39(30)40(31)42(32)46(35)37;1-2-9-23-22(8-1)24-10-7-15-33-34(24)35-25(23)17-18-26-27-20-21(16-19-29(27)40(33)36(26)35)39-31-13-5-6-14-32(31)41-30-12-4-3-11-28(30)38-37(39)41/h1-27H;1-24H;1-20H. The maximum Gasteiger partial charge on any atom is 0.220 e. The third-order valence-corrected chi connectivity index (χ3v) is 31.5. The van der Waals surface area contributed by atoms with Crippen molar-refractivity contribution in [1.82, 2.24) is 50.2 Å². The molecule has 0 bridgehead atoms. The lowest BCUT2D eigenvalue weighted by molar-refractivity contribution is 1.11. The average Bonchev–Trinajstić information content (AvgIpc) is 1.52. The van der Waals surface area contributed by atoms with E-state index in [-0.39, 0.29) is 0 Å². The quantitative estimate of drug-likeness (QED) is 0.161. The Balaban J connectivity index is 0.0000000917. The van der Waals surface area contributed by atoms with Gasteiger partial charge in [0.25, 0.3) is 0 Å². The van der Waals surface area contributed by atoms with E-state index in [4.69, 9.17) is 9.97 Å². The van der Waals surface area contributed by atoms with Gasteiger partial charge in [0.1, 0.15) is 0 Å². The minimum absolute atomic E-state index is 0.922. The van der Waals surface area contributed by atoms with Crippen molar-refractivity contribution >= 4 is 278 Å². The van der Waals surface area contributed by atoms with E-state index in [1.54, 1.807) is 0 Å². The summed E-state index contributed by atoms with van der Waals surface area (Å²) in [5, 5.41) is 36.9. The summed E-state index contributed by atoms with van der Waals surface area (Å²) >= 11 is 0. The van der Waals surface area contributed by atoms with Crippen LogP contribution in [0.5, 0.6) is 0 Å². The highest BCUT2D eigenvalue weighted by Gasteiger charge is 2.31. The number of para-hydroxylation sites is 11. The minimum atomic E-state index is 0.922. The molecule has 0 aliphatic heterocycles. The highest BCUT2D eigenvalue weighted by atomic mass is 15.2. The van der Waals surface area contributed by atoms with Crippen LogP contribution in [0.3, 0.4) is 0 Å². The van der Waals surface area contributed by atoms with E-state index in [0.717, 1.165) is 67.1 Å². The first kappa shape index (κ1) is 72.7. The molecule has 0 radical (unpaired) electrons. The number of nitrogens with zero attached hydrogens (tertiary/aromatic N) is 11. The smallest absolute Gasteiger partial charge is 0.220 e. The number of hydrogen-bond acceptors (Lipinski definition) is 2. The van der Waals surface area contributed by atoms with Crippen molar-refractivity contribution in [3.63, 3.8) is 0 Å². The number of fused-ring (bicyclic) bond motifs is 37. The fourth-order valence-corrected chi connectivity index (χ4v) is 26.1. The van der Waals surface area contributed by atoms with Gasteiger partial charge in [-0.3, -0.25) is 17.9 Å². The molecule has 139 heavy (non-hydrogen) atoms. The Kier molecular flexibility index (Phi) is 13.7. The molecule has 36 aromatic rings. The van der Waals surface area contributed by atoms with Crippen LogP contribution in [-0.4, -0.2) is 50.2 Å². The molecule has 0 N–H and O–H groups in total. The highest BCUT2D eigenvalue weighted by Crippen LogP contribution is 2.54. The largest absolute Gasteiger partial charge is 0.309 e. The van der Waals surface area contributed by atoms with Crippen LogP contribution in [0.15, 0.2) is 431 Å². The molecule has 0 saturated carbocycles. The third-order valence-electron chi connectivity index (χ3n) is 31.5. The van der Waals surface area contributed by atoms with E-state index in [9.17, 15) is 0 Å². The number of imidazole rings is 4. The summed E-state index contributed by atoms with van der Waals surface area (Å²) in [6, 6.07) is 158. The van der Waals surface area contributed by atoms with Crippen LogP contribution in [0.4, 0.5) is 0 Å². The molecule has 0 unspecified atom stereocenters. The zero-order chi connectivity index (χ0) is 89.7. The van der Waals surface area contributed by atoms with Crippen LogP contribution in [0.2, 0.25) is 0 Å². The molecule has 12 aromatic heterocycles. The van der Waals surface area contributed by atoms with Gasteiger partial charge >= 0.3 is 0 Å². The van der Waals surface area contributed by atoms with Crippen molar-refractivity contribution in [2.24, 2.45) is 0 Å². The molecular formula is C128H71N11. The Morgan fingerprint density at radius 3 is 0.921 bits per heavy atom. The van der Waals surface area contributed by atoms with E-state index >= 15 is 0 Å². The minimum Gasteiger partial charge on any atom is -0.309 e. The monoisotopic (exact) mass is 1760 g/mol. The Morgan fingerprint density at radius 2 is 0.453 bits per heavy atom. The second-order valence-corrected chi connectivity index (χ2v) is 38.1. The van der Waals surface area contributed by atoms with Crippen molar-refractivity contribution in [3.8, 4) is 33.9 Å². The highest BCUT2D eigenvalue weighted by molar-refractivity contribution is 6.42. The Hall–Kier alpha value is -18.8. The SMILES string of the molecule is c1ccc(-n2c3c(-c4ccc5c(c4)c4ccc6c7ccccc7c7cccc8c7c6c4n58)cccc3n3c4ccccc4nc23)cc1.c1ccc(-n2c3ccccc3c3cc4c(cc32)c2ccccc2n4-c2ccc3c(c2)c2ccc4c5ccccc5c5cccc6c5c4c2n36)cc1.c1ccc2c(c1)nc1n(-c3ccc4c(c3)c3ccc5c6ccccc6c6cccc7c6c5c3n47)c3ccccc3n21. The molecule has 0 aliphatic carbocycles.